The maximum atomic E-state index is 5.63. The van der Waals surface area contributed by atoms with Gasteiger partial charge in [-0.05, 0) is 17.7 Å². The number of hydrogen-bond acceptors (Lipinski definition) is 8. The molecule has 1 aromatic carbocycles. The summed E-state index contributed by atoms with van der Waals surface area (Å²) in [5, 5.41) is 3.37. The number of hydrogen-bond donors (Lipinski definition) is 1. The minimum absolute atomic E-state index is 0.260. The summed E-state index contributed by atoms with van der Waals surface area (Å²) in [4.78, 5) is 8.76. The van der Waals surface area contributed by atoms with Crippen LogP contribution in [0.3, 0.4) is 0 Å². The smallest absolute Gasteiger partial charge is 0.231 e. The molecule has 8 nitrogen and oxygen atoms in total. The van der Waals surface area contributed by atoms with Gasteiger partial charge >= 0.3 is 0 Å². The molecular formula is C19H21N3O5. The van der Waals surface area contributed by atoms with Gasteiger partial charge in [-0.2, -0.15) is 0 Å². The Hall–Kier alpha value is -2.84. The van der Waals surface area contributed by atoms with Crippen LogP contribution in [-0.4, -0.2) is 43.9 Å². The van der Waals surface area contributed by atoms with Crippen molar-refractivity contribution < 1.29 is 23.7 Å². The van der Waals surface area contributed by atoms with Crippen LogP contribution < -0.4 is 14.8 Å². The topological polar surface area (TPSA) is 84.0 Å². The van der Waals surface area contributed by atoms with Crippen molar-refractivity contribution in [3.63, 3.8) is 0 Å². The molecule has 0 saturated carbocycles. The molecule has 0 amide bonds. The van der Waals surface area contributed by atoms with Gasteiger partial charge in [0.15, 0.2) is 17.3 Å². The minimum atomic E-state index is -0.998. The number of aromatic nitrogens is 2. The summed E-state index contributed by atoms with van der Waals surface area (Å²) in [7, 11) is 4.76. The lowest BCUT2D eigenvalue weighted by Gasteiger charge is -2.35. The van der Waals surface area contributed by atoms with Crippen molar-refractivity contribution in [1.29, 1.82) is 0 Å². The van der Waals surface area contributed by atoms with Crippen molar-refractivity contribution in [2.45, 2.75) is 18.8 Å². The normalized spacial score (nSPS) is 16.5. The van der Waals surface area contributed by atoms with E-state index in [9.17, 15) is 0 Å². The van der Waals surface area contributed by atoms with E-state index in [0.29, 0.717) is 18.7 Å². The van der Waals surface area contributed by atoms with Gasteiger partial charge in [0.05, 0.1) is 12.8 Å². The average molecular weight is 371 g/mol. The zero-order chi connectivity index (χ0) is 18.9. The third kappa shape index (κ3) is 3.07. The standard InChI is InChI=1S/C19H21N3O5/c1-23-17-7-14-13(8-19(17,24-2)25-3)18(22-10-21-14)20-9-12-4-5-15-16(6-12)27-11-26-15/h4-7,10H,8-9,11H2,1-3H3,(H,20,21,22). The average Bonchev–Trinajstić information content (AvgIpc) is 3.18. The molecule has 142 valence electrons. The SMILES string of the molecule is COC1=Cc2ncnc(NCc3ccc4c(c3)OCO4)c2CC1(OC)OC. The second-order valence-electron chi connectivity index (χ2n) is 6.18. The first kappa shape index (κ1) is 17.6. The van der Waals surface area contributed by atoms with E-state index in [-0.39, 0.29) is 6.79 Å². The van der Waals surface area contributed by atoms with E-state index < -0.39 is 5.79 Å². The van der Waals surface area contributed by atoms with Crippen molar-refractivity contribution in [2.75, 3.05) is 33.4 Å². The van der Waals surface area contributed by atoms with Crippen LogP contribution in [0.5, 0.6) is 11.5 Å². The lowest BCUT2D eigenvalue weighted by atomic mass is 9.95. The van der Waals surface area contributed by atoms with E-state index in [2.05, 4.69) is 15.3 Å². The Morgan fingerprint density at radius 2 is 1.93 bits per heavy atom. The van der Waals surface area contributed by atoms with Crippen LogP contribution >= 0.6 is 0 Å². The Kier molecular flexibility index (Phi) is 4.59. The third-order valence-corrected chi connectivity index (χ3v) is 4.81. The fourth-order valence-electron chi connectivity index (χ4n) is 3.31. The second kappa shape index (κ2) is 7.05. The van der Waals surface area contributed by atoms with Crippen molar-refractivity contribution >= 4 is 11.9 Å². The molecule has 0 saturated heterocycles. The van der Waals surface area contributed by atoms with E-state index in [0.717, 1.165) is 34.1 Å². The molecular weight excluding hydrogens is 350 g/mol. The fraction of sp³-hybridized carbons (Fsp3) is 0.368. The van der Waals surface area contributed by atoms with E-state index in [1.807, 2.05) is 24.3 Å². The van der Waals surface area contributed by atoms with Gasteiger partial charge in [-0.25, -0.2) is 9.97 Å². The predicted octanol–water partition coefficient (Wildman–Crippen LogP) is 2.35. The molecule has 8 heteroatoms. The predicted molar refractivity (Wildman–Crippen MR) is 97.4 cm³/mol. The molecule has 2 aliphatic rings. The van der Waals surface area contributed by atoms with E-state index in [1.165, 1.54) is 6.33 Å². The van der Waals surface area contributed by atoms with Crippen LogP contribution in [0, 0.1) is 0 Å². The molecule has 27 heavy (non-hydrogen) atoms. The van der Waals surface area contributed by atoms with Gasteiger partial charge in [0.1, 0.15) is 12.1 Å². The van der Waals surface area contributed by atoms with Crippen LogP contribution in [0.25, 0.3) is 6.08 Å². The Balaban J connectivity index is 1.60. The summed E-state index contributed by atoms with van der Waals surface area (Å²) in [6.45, 7) is 0.837. The molecule has 0 unspecified atom stereocenters. The van der Waals surface area contributed by atoms with Crippen LogP contribution in [-0.2, 0) is 27.2 Å². The Labute approximate surface area is 157 Å². The summed E-state index contributed by atoms with van der Waals surface area (Å²) < 4.78 is 27.5. The van der Waals surface area contributed by atoms with Gasteiger partial charge in [0.25, 0.3) is 0 Å². The lowest BCUT2D eigenvalue weighted by Crippen LogP contribution is -2.41. The van der Waals surface area contributed by atoms with Gasteiger partial charge in [0.2, 0.25) is 12.6 Å². The number of nitrogens with one attached hydrogen (secondary N) is 1. The number of fused-ring (bicyclic) bond motifs is 2. The van der Waals surface area contributed by atoms with E-state index >= 15 is 0 Å². The minimum Gasteiger partial charge on any atom is -0.495 e. The number of rotatable bonds is 6. The van der Waals surface area contributed by atoms with Crippen molar-refractivity contribution in [3.05, 3.63) is 47.1 Å². The summed E-state index contributed by atoms with van der Waals surface area (Å²) in [6, 6.07) is 5.86. The molecule has 2 heterocycles. The van der Waals surface area contributed by atoms with Gasteiger partial charge in [-0.15, -0.1) is 0 Å². The first-order valence-corrected chi connectivity index (χ1v) is 8.52. The van der Waals surface area contributed by atoms with Gasteiger partial charge in [-0.3, -0.25) is 0 Å². The second-order valence-corrected chi connectivity index (χ2v) is 6.18. The number of anilines is 1. The lowest BCUT2D eigenvalue weighted by molar-refractivity contribution is -0.199. The largest absolute Gasteiger partial charge is 0.495 e. The highest BCUT2D eigenvalue weighted by molar-refractivity contribution is 5.63. The molecule has 1 aliphatic heterocycles. The number of benzene rings is 1. The number of methoxy groups -OCH3 is 3. The molecule has 0 radical (unpaired) electrons. The first-order valence-electron chi connectivity index (χ1n) is 8.52. The molecule has 1 aliphatic carbocycles. The highest BCUT2D eigenvalue weighted by Gasteiger charge is 2.41. The quantitative estimate of drug-likeness (QED) is 0.775. The van der Waals surface area contributed by atoms with Crippen molar-refractivity contribution in [2.24, 2.45) is 0 Å². The fourth-order valence-corrected chi connectivity index (χ4v) is 3.31. The summed E-state index contributed by atoms with van der Waals surface area (Å²) >= 11 is 0. The molecule has 0 bridgehead atoms. The molecule has 0 fully saturated rings. The van der Waals surface area contributed by atoms with Crippen LogP contribution in [0.2, 0.25) is 0 Å². The van der Waals surface area contributed by atoms with Crippen molar-refractivity contribution in [1.82, 2.24) is 9.97 Å². The number of nitrogens with zero attached hydrogens (tertiary/aromatic N) is 2. The summed E-state index contributed by atoms with van der Waals surface area (Å²) in [5.41, 5.74) is 2.74. The van der Waals surface area contributed by atoms with E-state index in [1.54, 1.807) is 21.3 Å². The maximum absolute atomic E-state index is 5.63. The Morgan fingerprint density at radius 1 is 1.11 bits per heavy atom. The highest BCUT2D eigenvalue weighted by atomic mass is 16.7. The van der Waals surface area contributed by atoms with Crippen molar-refractivity contribution in [3.8, 4) is 11.5 Å². The molecule has 1 aromatic heterocycles. The summed E-state index contributed by atoms with van der Waals surface area (Å²) in [5.74, 6) is 1.81. The Bertz CT molecular complexity index is 880. The zero-order valence-electron chi connectivity index (χ0n) is 15.4. The molecule has 1 N–H and O–H groups in total. The van der Waals surface area contributed by atoms with Crippen LogP contribution in [0.15, 0.2) is 30.3 Å². The van der Waals surface area contributed by atoms with Crippen LogP contribution in [0.1, 0.15) is 16.8 Å². The molecule has 4 rings (SSSR count). The zero-order valence-corrected chi connectivity index (χ0v) is 15.4. The monoisotopic (exact) mass is 371 g/mol. The Morgan fingerprint density at radius 3 is 2.70 bits per heavy atom. The number of ether oxygens (including phenoxy) is 5. The molecule has 0 spiro atoms. The molecule has 2 aromatic rings. The molecule has 0 atom stereocenters. The highest BCUT2D eigenvalue weighted by Crippen LogP contribution is 2.37. The third-order valence-electron chi connectivity index (χ3n) is 4.81. The van der Waals surface area contributed by atoms with E-state index in [4.69, 9.17) is 23.7 Å². The van der Waals surface area contributed by atoms with Crippen LogP contribution in [0.4, 0.5) is 5.82 Å². The maximum Gasteiger partial charge on any atom is 0.231 e. The van der Waals surface area contributed by atoms with Gasteiger partial charge in [0, 0.05) is 38.8 Å². The van der Waals surface area contributed by atoms with Gasteiger partial charge in [-0.1, -0.05) is 6.07 Å². The summed E-state index contributed by atoms with van der Waals surface area (Å²) in [6.07, 6.45) is 3.77. The van der Waals surface area contributed by atoms with Gasteiger partial charge < -0.3 is 29.0 Å². The first-order chi connectivity index (χ1) is 13.2.